The van der Waals surface area contributed by atoms with E-state index in [1.165, 1.54) is 0 Å². The zero-order valence-electron chi connectivity index (χ0n) is 18.0. The second kappa shape index (κ2) is 8.77. The van der Waals surface area contributed by atoms with Crippen LogP contribution in [0.4, 0.5) is 0 Å². The zero-order chi connectivity index (χ0) is 24.0. The van der Waals surface area contributed by atoms with Gasteiger partial charge in [0.1, 0.15) is 24.2 Å². The molecule has 5 rings (SSSR count). The van der Waals surface area contributed by atoms with Gasteiger partial charge in [0.25, 0.3) is 0 Å². The SMILES string of the molecule is Cc1ccccc1COc1ccccc1[C@H]1c2sc(=O)[nH]c2SC2C(=O)N(CC(=O)O)C(=O)C21. The molecule has 0 radical (unpaired) electrons. The molecule has 3 atom stereocenters. The zero-order valence-corrected chi connectivity index (χ0v) is 19.7. The molecule has 1 fully saturated rings. The van der Waals surface area contributed by atoms with Gasteiger partial charge in [0.2, 0.25) is 11.8 Å². The van der Waals surface area contributed by atoms with Crippen molar-refractivity contribution in [3.8, 4) is 5.75 Å². The van der Waals surface area contributed by atoms with Crippen LogP contribution in [0.2, 0.25) is 0 Å². The number of aromatic nitrogens is 1. The molecule has 3 aromatic rings. The van der Waals surface area contributed by atoms with Crippen LogP contribution in [0.15, 0.2) is 58.4 Å². The molecule has 0 bridgehead atoms. The van der Waals surface area contributed by atoms with Gasteiger partial charge in [0.15, 0.2) is 0 Å². The number of rotatable bonds is 6. The summed E-state index contributed by atoms with van der Waals surface area (Å²) in [6.45, 7) is 1.62. The second-order valence-electron chi connectivity index (χ2n) is 8.16. The summed E-state index contributed by atoms with van der Waals surface area (Å²) in [7, 11) is 0. The molecule has 10 heteroatoms. The number of ether oxygens (including phenoxy) is 1. The van der Waals surface area contributed by atoms with Crippen LogP contribution in [0.25, 0.3) is 0 Å². The molecule has 2 aliphatic rings. The van der Waals surface area contributed by atoms with E-state index < -0.39 is 41.4 Å². The van der Waals surface area contributed by atoms with E-state index in [4.69, 9.17) is 4.74 Å². The number of aromatic amines is 1. The van der Waals surface area contributed by atoms with E-state index in [9.17, 15) is 24.3 Å². The van der Waals surface area contributed by atoms with E-state index in [2.05, 4.69) is 4.98 Å². The third kappa shape index (κ3) is 3.82. The Bertz CT molecular complexity index is 1360. The highest BCUT2D eigenvalue weighted by Crippen LogP contribution is 2.53. The van der Waals surface area contributed by atoms with Crippen molar-refractivity contribution in [2.75, 3.05) is 6.54 Å². The first kappa shape index (κ1) is 22.4. The summed E-state index contributed by atoms with van der Waals surface area (Å²) in [5, 5.41) is 8.94. The molecule has 34 heavy (non-hydrogen) atoms. The fourth-order valence-electron chi connectivity index (χ4n) is 4.50. The van der Waals surface area contributed by atoms with Gasteiger partial charge in [-0.15, -0.1) is 0 Å². The molecule has 2 aromatic carbocycles. The van der Waals surface area contributed by atoms with E-state index in [1.54, 1.807) is 6.07 Å². The summed E-state index contributed by atoms with van der Waals surface area (Å²) in [4.78, 5) is 53.8. The van der Waals surface area contributed by atoms with Gasteiger partial charge in [0.05, 0.1) is 10.9 Å². The van der Waals surface area contributed by atoms with Crippen LogP contribution < -0.4 is 9.61 Å². The van der Waals surface area contributed by atoms with E-state index in [1.807, 2.05) is 49.4 Å². The van der Waals surface area contributed by atoms with Crippen LogP contribution in [-0.2, 0) is 21.0 Å². The number of carboxylic acids is 1. The monoisotopic (exact) mass is 496 g/mol. The lowest BCUT2D eigenvalue weighted by Gasteiger charge is -2.31. The standard InChI is InChI=1S/C24H20N2O6S2/c1-12-6-2-3-7-13(12)11-32-15-9-5-4-8-14(15)17-18-20(33-21-19(17)34-24(31)25-21)23(30)26(22(18)29)10-16(27)28/h2-9,17-18,20H,10-11H2,1H3,(H,25,31)(H,27,28)/t17-,18?,20?/m1/s1. The molecule has 0 aliphatic carbocycles. The second-order valence-corrected chi connectivity index (χ2v) is 10.3. The minimum atomic E-state index is -1.26. The maximum Gasteiger partial charge on any atom is 0.323 e. The van der Waals surface area contributed by atoms with Crippen molar-refractivity contribution in [1.82, 2.24) is 9.88 Å². The topological polar surface area (TPSA) is 117 Å². The predicted molar refractivity (Wildman–Crippen MR) is 126 cm³/mol. The highest BCUT2D eigenvalue weighted by Gasteiger charge is 2.56. The largest absolute Gasteiger partial charge is 0.489 e. The summed E-state index contributed by atoms with van der Waals surface area (Å²) in [5.74, 6) is -3.26. The number of hydrogen-bond acceptors (Lipinski definition) is 7. The number of H-pyrrole nitrogens is 1. The number of thioether (sulfide) groups is 1. The van der Waals surface area contributed by atoms with E-state index in [-0.39, 0.29) is 4.87 Å². The molecular formula is C24H20N2O6S2. The Morgan fingerprint density at radius 3 is 2.59 bits per heavy atom. The number of nitrogens with zero attached hydrogens (tertiary/aromatic N) is 1. The van der Waals surface area contributed by atoms with E-state index >= 15 is 0 Å². The number of aryl methyl sites for hydroxylation is 1. The molecule has 2 N–H and O–H groups in total. The number of hydrogen-bond donors (Lipinski definition) is 2. The van der Waals surface area contributed by atoms with Crippen LogP contribution in [-0.4, -0.2) is 44.6 Å². The molecule has 0 spiro atoms. The van der Waals surface area contributed by atoms with Crippen LogP contribution in [0.3, 0.4) is 0 Å². The minimum Gasteiger partial charge on any atom is -0.489 e. The van der Waals surface area contributed by atoms with Gasteiger partial charge in [-0.2, -0.15) is 0 Å². The Kier molecular flexibility index (Phi) is 5.78. The Balaban J connectivity index is 1.57. The first-order valence-corrected chi connectivity index (χ1v) is 12.3. The van der Waals surface area contributed by atoms with Crippen LogP contribution in [0, 0.1) is 12.8 Å². The van der Waals surface area contributed by atoms with Gasteiger partial charge < -0.3 is 14.8 Å². The predicted octanol–water partition coefficient (Wildman–Crippen LogP) is 3.00. The highest BCUT2D eigenvalue weighted by atomic mass is 32.2. The molecule has 2 aliphatic heterocycles. The smallest absolute Gasteiger partial charge is 0.323 e. The van der Waals surface area contributed by atoms with Gasteiger partial charge >= 0.3 is 10.8 Å². The van der Waals surface area contributed by atoms with Crippen molar-refractivity contribution >= 4 is 40.9 Å². The maximum atomic E-state index is 13.3. The number of nitrogens with one attached hydrogen (secondary N) is 1. The summed E-state index contributed by atoms with van der Waals surface area (Å²) in [6, 6.07) is 15.1. The average molecular weight is 497 g/mol. The van der Waals surface area contributed by atoms with Crippen molar-refractivity contribution in [3.63, 3.8) is 0 Å². The summed E-state index contributed by atoms with van der Waals surface area (Å²) in [6.07, 6.45) is 0. The van der Waals surface area contributed by atoms with Gasteiger partial charge in [-0.05, 0) is 24.1 Å². The summed E-state index contributed by atoms with van der Waals surface area (Å²) >= 11 is 2.12. The number of para-hydroxylation sites is 1. The molecule has 8 nitrogen and oxygen atoms in total. The van der Waals surface area contributed by atoms with Crippen LogP contribution in [0.5, 0.6) is 5.75 Å². The van der Waals surface area contributed by atoms with Crippen molar-refractivity contribution in [2.24, 2.45) is 5.92 Å². The molecule has 3 heterocycles. The highest BCUT2D eigenvalue weighted by molar-refractivity contribution is 8.00. The number of imide groups is 1. The third-order valence-corrected chi connectivity index (χ3v) is 8.51. The third-order valence-electron chi connectivity index (χ3n) is 6.11. The van der Waals surface area contributed by atoms with Crippen molar-refractivity contribution < 1.29 is 24.2 Å². The average Bonchev–Trinajstić information content (AvgIpc) is 3.29. The molecule has 1 saturated heterocycles. The van der Waals surface area contributed by atoms with Crippen molar-refractivity contribution in [1.29, 1.82) is 0 Å². The summed E-state index contributed by atoms with van der Waals surface area (Å²) < 4.78 is 6.19. The maximum absolute atomic E-state index is 13.3. The number of amides is 2. The molecule has 1 aromatic heterocycles. The molecule has 174 valence electrons. The van der Waals surface area contributed by atoms with Crippen LogP contribution in [0.1, 0.15) is 27.5 Å². The lowest BCUT2D eigenvalue weighted by Crippen LogP contribution is -2.36. The Morgan fingerprint density at radius 1 is 1.09 bits per heavy atom. The summed E-state index contributed by atoms with van der Waals surface area (Å²) in [5.41, 5.74) is 2.78. The molecular weight excluding hydrogens is 476 g/mol. The van der Waals surface area contributed by atoms with Crippen LogP contribution >= 0.6 is 23.1 Å². The van der Waals surface area contributed by atoms with Gasteiger partial charge in [0, 0.05) is 16.4 Å². The Hall–Kier alpha value is -3.37. The quantitative estimate of drug-likeness (QED) is 0.504. The molecule has 2 unspecified atom stereocenters. The van der Waals surface area contributed by atoms with Crippen molar-refractivity contribution in [2.45, 2.75) is 29.7 Å². The fourth-order valence-corrected chi connectivity index (χ4v) is 7.02. The van der Waals surface area contributed by atoms with Gasteiger partial charge in [-0.1, -0.05) is 65.6 Å². The number of benzene rings is 2. The Labute approximate surface area is 202 Å². The van der Waals surface area contributed by atoms with Crippen molar-refractivity contribution in [3.05, 3.63) is 79.8 Å². The number of aliphatic carboxylic acids is 1. The van der Waals surface area contributed by atoms with Gasteiger partial charge in [-0.25, -0.2) is 0 Å². The first-order chi connectivity index (χ1) is 16.3. The van der Waals surface area contributed by atoms with E-state index in [0.29, 0.717) is 27.8 Å². The lowest BCUT2D eigenvalue weighted by atomic mass is 9.82. The number of thiazole rings is 1. The Morgan fingerprint density at radius 2 is 1.82 bits per heavy atom. The first-order valence-electron chi connectivity index (χ1n) is 10.6. The lowest BCUT2D eigenvalue weighted by molar-refractivity contribution is -0.149. The number of likely N-dealkylation sites (tertiary alicyclic amines) is 1. The molecule has 0 saturated carbocycles. The number of carbonyl (C=O) groups is 3. The number of fused-ring (bicyclic) bond motifs is 2. The van der Waals surface area contributed by atoms with E-state index in [0.717, 1.165) is 39.1 Å². The van der Waals surface area contributed by atoms with Gasteiger partial charge in [-0.3, -0.25) is 24.1 Å². The number of carbonyl (C=O) groups excluding carboxylic acids is 2. The normalized spacial score (nSPS) is 21.3. The molecule has 2 amide bonds. The number of carboxylic acid groups (broad SMARTS) is 1. The fraction of sp³-hybridized carbons (Fsp3) is 0.250. The minimum absolute atomic E-state index is 0.275.